The fourth-order valence-electron chi connectivity index (χ4n) is 3.46. The molecule has 0 atom stereocenters. The summed E-state index contributed by atoms with van der Waals surface area (Å²) < 4.78 is 5.33. The first-order chi connectivity index (χ1) is 12.2. The van der Waals surface area contributed by atoms with E-state index in [4.69, 9.17) is 4.52 Å². The van der Waals surface area contributed by atoms with Crippen LogP contribution >= 0.6 is 0 Å². The van der Waals surface area contributed by atoms with Gasteiger partial charge in [-0.15, -0.1) is 0 Å². The van der Waals surface area contributed by atoms with Crippen molar-refractivity contribution in [2.45, 2.75) is 25.7 Å². The largest absolute Gasteiger partial charge is 0.339 e. The van der Waals surface area contributed by atoms with Gasteiger partial charge in [0, 0.05) is 19.4 Å². The number of aromatic nitrogens is 2. The third-order valence-corrected chi connectivity index (χ3v) is 4.87. The highest BCUT2D eigenvalue weighted by Crippen LogP contribution is 2.22. The van der Waals surface area contributed by atoms with Crippen LogP contribution in [0.3, 0.4) is 0 Å². The maximum atomic E-state index is 12.3. The van der Waals surface area contributed by atoms with Crippen molar-refractivity contribution in [2.24, 2.45) is 5.92 Å². The number of imide groups is 1. The Morgan fingerprint density at radius 1 is 1.12 bits per heavy atom. The van der Waals surface area contributed by atoms with E-state index >= 15 is 0 Å². The number of hydrogen-bond acceptors (Lipinski definition) is 6. The van der Waals surface area contributed by atoms with Crippen LogP contribution in [0.1, 0.15) is 45.3 Å². The van der Waals surface area contributed by atoms with Crippen LogP contribution in [-0.4, -0.2) is 46.5 Å². The molecule has 7 heteroatoms. The van der Waals surface area contributed by atoms with Gasteiger partial charge in [0.05, 0.1) is 11.1 Å². The Balaban J connectivity index is 1.36. The molecule has 0 spiro atoms. The second-order valence-electron chi connectivity index (χ2n) is 6.56. The van der Waals surface area contributed by atoms with Crippen molar-refractivity contribution in [3.63, 3.8) is 0 Å². The zero-order valence-electron chi connectivity index (χ0n) is 13.9. The van der Waals surface area contributed by atoms with Gasteiger partial charge in [0.2, 0.25) is 5.89 Å². The van der Waals surface area contributed by atoms with E-state index in [0.717, 1.165) is 32.4 Å². The lowest BCUT2D eigenvalue weighted by molar-refractivity contribution is 0.0655. The number of benzene rings is 1. The van der Waals surface area contributed by atoms with Gasteiger partial charge in [-0.25, -0.2) is 0 Å². The first kappa shape index (κ1) is 16.0. The zero-order chi connectivity index (χ0) is 17.2. The Bertz CT molecular complexity index is 760. The van der Waals surface area contributed by atoms with Gasteiger partial charge in [-0.05, 0) is 44.0 Å². The van der Waals surface area contributed by atoms with Gasteiger partial charge >= 0.3 is 0 Å². The maximum absolute atomic E-state index is 12.3. The number of fused-ring (bicyclic) bond motifs is 1. The number of carbonyl (C=O) groups is 2. The monoisotopic (exact) mass is 340 g/mol. The van der Waals surface area contributed by atoms with Crippen molar-refractivity contribution in [3.8, 4) is 0 Å². The summed E-state index contributed by atoms with van der Waals surface area (Å²) in [6.45, 7) is 2.33. The fraction of sp³-hybridized carbons (Fsp3) is 0.444. The molecule has 2 aromatic rings. The lowest BCUT2D eigenvalue weighted by Crippen LogP contribution is -2.32. The fourth-order valence-corrected chi connectivity index (χ4v) is 3.46. The quantitative estimate of drug-likeness (QED) is 0.829. The third-order valence-electron chi connectivity index (χ3n) is 4.87. The van der Waals surface area contributed by atoms with E-state index in [0.29, 0.717) is 35.2 Å². The van der Waals surface area contributed by atoms with Crippen LogP contribution in [0.5, 0.6) is 0 Å². The lowest BCUT2D eigenvalue weighted by atomic mass is 9.95. The van der Waals surface area contributed by atoms with Crippen LogP contribution in [0.15, 0.2) is 28.8 Å². The molecule has 2 aliphatic heterocycles. The second-order valence-corrected chi connectivity index (χ2v) is 6.56. The summed E-state index contributed by atoms with van der Waals surface area (Å²) in [6.07, 6.45) is 3.43. The molecular weight excluding hydrogens is 320 g/mol. The normalized spacial score (nSPS) is 18.0. The van der Waals surface area contributed by atoms with E-state index in [2.05, 4.69) is 15.5 Å². The Morgan fingerprint density at radius 2 is 1.80 bits per heavy atom. The highest BCUT2D eigenvalue weighted by molar-refractivity contribution is 6.21. The first-order valence-corrected chi connectivity index (χ1v) is 8.70. The highest BCUT2D eigenvalue weighted by Gasteiger charge is 2.34. The molecule has 25 heavy (non-hydrogen) atoms. The number of piperidine rings is 1. The van der Waals surface area contributed by atoms with E-state index in [9.17, 15) is 9.59 Å². The number of rotatable bonds is 5. The van der Waals surface area contributed by atoms with Crippen molar-refractivity contribution in [2.75, 3.05) is 19.6 Å². The predicted octanol–water partition coefficient (Wildman–Crippen LogP) is 1.45. The minimum atomic E-state index is -0.251. The molecular formula is C18H20N4O3. The van der Waals surface area contributed by atoms with Gasteiger partial charge in [0.15, 0.2) is 5.82 Å². The predicted molar refractivity (Wildman–Crippen MR) is 89.1 cm³/mol. The number of carbonyl (C=O) groups excluding carboxylic acids is 2. The van der Waals surface area contributed by atoms with Crippen molar-refractivity contribution in [1.29, 1.82) is 0 Å². The Kier molecular flexibility index (Phi) is 4.31. The van der Waals surface area contributed by atoms with E-state index in [1.165, 1.54) is 4.90 Å². The molecule has 0 unspecified atom stereocenters. The molecule has 7 nitrogen and oxygen atoms in total. The Morgan fingerprint density at radius 3 is 2.48 bits per heavy atom. The van der Waals surface area contributed by atoms with E-state index in [1.807, 2.05) is 0 Å². The van der Waals surface area contributed by atoms with Crippen molar-refractivity contribution in [3.05, 3.63) is 47.1 Å². The summed E-state index contributed by atoms with van der Waals surface area (Å²) in [7, 11) is 0. The molecule has 1 aromatic heterocycles. The molecule has 1 N–H and O–H groups in total. The summed E-state index contributed by atoms with van der Waals surface area (Å²) in [5.74, 6) is 1.26. The topological polar surface area (TPSA) is 88.3 Å². The maximum Gasteiger partial charge on any atom is 0.261 e. The van der Waals surface area contributed by atoms with Crippen LogP contribution in [0.4, 0.5) is 0 Å². The zero-order valence-corrected chi connectivity index (χ0v) is 13.9. The van der Waals surface area contributed by atoms with Crippen molar-refractivity contribution in [1.82, 2.24) is 20.4 Å². The van der Waals surface area contributed by atoms with Gasteiger partial charge in [-0.3, -0.25) is 14.5 Å². The Labute approximate surface area is 145 Å². The summed E-state index contributed by atoms with van der Waals surface area (Å²) in [4.78, 5) is 30.3. The minimum Gasteiger partial charge on any atom is -0.339 e. The average molecular weight is 340 g/mol. The van der Waals surface area contributed by atoms with Crippen LogP contribution in [0.25, 0.3) is 0 Å². The smallest absolute Gasteiger partial charge is 0.261 e. The number of nitrogens with one attached hydrogen (secondary N) is 1. The van der Waals surface area contributed by atoms with E-state index < -0.39 is 0 Å². The number of hydrogen-bond donors (Lipinski definition) is 1. The van der Waals surface area contributed by atoms with Gasteiger partial charge in [0.25, 0.3) is 11.8 Å². The molecule has 1 saturated heterocycles. The lowest BCUT2D eigenvalue weighted by Gasteiger charge is -2.20. The molecule has 2 aliphatic rings. The van der Waals surface area contributed by atoms with Gasteiger partial charge < -0.3 is 9.84 Å². The van der Waals surface area contributed by atoms with Crippen LogP contribution in [-0.2, 0) is 12.8 Å². The van der Waals surface area contributed by atoms with Crippen molar-refractivity contribution < 1.29 is 14.1 Å². The molecule has 0 radical (unpaired) electrons. The third kappa shape index (κ3) is 3.19. The van der Waals surface area contributed by atoms with E-state index in [-0.39, 0.29) is 18.4 Å². The van der Waals surface area contributed by atoms with Crippen LogP contribution in [0.2, 0.25) is 0 Å². The molecule has 0 bridgehead atoms. The summed E-state index contributed by atoms with van der Waals surface area (Å²) in [5.41, 5.74) is 0.930. The average Bonchev–Trinajstić information content (AvgIpc) is 3.18. The van der Waals surface area contributed by atoms with E-state index in [1.54, 1.807) is 24.3 Å². The molecule has 130 valence electrons. The molecule has 2 amide bonds. The second kappa shape index (κ2) is 6.76. The standard InChI is InChI=1S/C18H20N4O3/c23-17-13-3-1-2-4-14(13)18(24)22(17)10-7-15-20-16(25-21-15)11-12-5-8-19-9-6-12/h1-4,12,19H,5-11H2. The van der Waals surface area contributed by atoms with Crippen LogP contribution in [0, 0.1) is 5.92 Å². The molecule has 4 rings (SSSR count). The molecule has 1 aromatic carbocycles. The van der Waals surface area contributed by atoms with Crippen molar-refractivity contribution >= 4 is 11.8 Å². The summed E-state index contributed by atoms with van der Waals surface area (Å²) in [5, 5.41) is 7.33. The van der Waals surface area contributed by atoms with Gasteiger partial charge in [-0.1, -0.05) is 17.3 Å². The molecule has 0 aliphatic carbocycles. The number of amides is 2. The SMILES string of the molecule is O=C1c2ccccc2C(=O)N1CCc1noc(CC2CCNCC2)n1. The number of nitrogens with zero attached hydrogens (tertiary/aromatic N) is 3. The molecule has 0 saturated carbocycles. The Hall–Kier alpha value is -2.54. The van der Waals surface area contributed by atoms with Gasteiger partial charge in [-0.2, -0.15) is 4.98 Å². The first-order valence-electron chi connectivity index (χ1n) is 8.70. The van der Waals surface area contributed by atoms with Gasteiger partial charge in [0.1, 0.15) is 0 Å². The summed E-state index contributed by atoms with van der Waals surface area (Å²) in [6, 6.07) is 6.89. The highest BCUT2D eigenvalue weighted by atomic mass is 16.5. The molecule has 3 heterocycles. The summed E-state index contributed by atoms with van der Waals surface area (Å²) >= 11 is 0. The molecule has 1 fully saturated rings. The minimum absolute atomic E-state index is 0.251. The van der Waals surface area contributed by atoms with Crippen LogP contribution < -0.4 is 5.32 Å².